The highest BCUT2D eigenvalue weighted by atomic mass is 32.2. The molecule has 1 aliphatic rings. The number of aliphatic imine (C=N–C) groups is 1. The van der Waals surface area contributed by atoms with Gasteiger partial charge in [-0.25, -0.2) is 15.0 Å². The molecule has 0 aromatic carbocycles. The lowest BCUT2D eigenvalue weighted by atomic mass is 10.1. The Bertz CT molecular complexity index is 971. The minimum Gasteiger partial charge on any atom is -0.346 e. The second-order valence-corrected chi connectivity index (χ2v) is 9.31. The summed E-state index contributed by atoms with van der Waals surface area (Å²) in [5.74, 6) is 2.84. The molecule has 1 atom stereocenters. The number of unbranched alkanes of at least 4 members (excludes halogenated alkanes) is 3. The number of imidazole rings is 1. The van der Waals surface area contributed by atoms with E-state index in [1.54, 1.807) is 6.92 Å². The first kappa shape index (κ1) is 24.1. The highest BCUT2D eigenvalue weighted by Gasteiger charge is 2.23. The van der Waals surface area contributed by atoms with Gasteiger partial charge in [-0.15, -0.1) is 0 Å². The van der Waals surface area contributed by atoms with Crippen LogP contribution in [0.25, 0.3) is 0 Å². The normalized spacial score (nSPS) is 15.6. The number of hydrogen-bond donors (Lipinski definition) is 2. The van der Waals surface area contributed by atoms with Crippen LogP contribution in [0.1, 0.15) is 75.4 Å². The quantitative estimate of drug-likeness (QED) is 0.463. The maximum Gasteiger partial charge on any atom is 0.163 e. The van der Waals surface area contributed by atoms with Gasteiger partial charge in [0.25, 0.3) is 0 Å². The Hall–Kier alpha value is -2.55. The first-order chi connectivity index (χ1) is 15.4. The molecule has 1 aliphatic heterocycles. The Morgan fingerprint density at radius 3 is 2.78 bits per heavy atom. The number of anilines is 1. The maximum atomic E-state index is 11.5. The van der Waals surface area contributed by atoms with Crippen molar-refractivity contribution < 1.29 is 9.59 Å². The molecule has 0 fully saturated rings. The molecule has 2 aromatic rings. The van der Waals surface area contributed by atoms with Gasteiger partial charge in [-0.3, -0.25) is 14.6 Å². The molecule has 3 heterocycles. The van der Waals surface area contributed by atoms with Crippen LogP contribution >= 0.6 is 11.8 Å². The fourth-order valence-corrected chi connectivity index (χ4v) is 4.41. The number of aromatic nitrogens is 4. The summed E-state index contributed by atoms with van der Waals surface area (Å²) >= 11 is 1.44. The van der Waals surface area contributed by atoms with Gasteiger partial charge in [-0.05, 0) is 26.7 Å². The van der Waals surface area contributed by atoms with Crippen LogP contribution in [-0.2, 0) is 22.4 Å². The van der Waals surface area contributed by atoms with Crippen LogP contribution in [0, 0.1) is 6.92 Å². The van der Waals surface area contributed by atoms with Gasteiger partial charge < -0.3 is 10.3 Å². The van der Waals surface area contributed by atoms with Crippen molar-refractivity contribution in [1.82, 2.24) is 19.9 Å². The summed E-state index contributed by atoms with van der Waals surface area (Å²) in [5.41, 5.74) is 1.91. The van der Waals surface area contributed by atoms with E-state index < -0.39 is 0 Å². The zero-order valence-corrected chi connectivity index (χ0v) is 19.9. The number of ketones is 2. The molecule has 0 saturated heterocycles. The summed E-state index contributed by atoms with van der Waals surface area (Å²) in [6.45, 7) is 5.89. The van der Waals surface area contributed by atoms with Crippen molar-refractivity contribution in [2.24, 2.45) is 4.99 Å². The number of nitrogens with zero attached hydrogens (tertiary/aromatic N) is 4. The second-order valence-electron chi connectivity index (χ2n) is 8.12. The minimum absolute atomic E-state index is 0.109. The number of hydrogen-bond acceptors (Lipinski definition) is 8. The Morgan fingerprint density at radius 1 is 1.22 bits per heavy atom. The van der Waals surface area contributed by atoms with E-state index >= 15 is 0 Å². The maximum absolute atomic E-state index is 11.5. The van der Waals surface area contributed by atoms with Crippen molar-refractivity contribution in [2.75, 3.05) is 11.9 Å². The number of carbonyl (C=O) groups is 2. The van der Waals surface area contributed by atoms with E-state index in [9.17, 15) is 9.59 Å². The van der Waals surface area contributed by atoms with E-state index in [1.807, 2.05) is 26.1 Å². The fraction of sp³-hybridized carbons (Fsp3) is 0.565. The standard InChI is InChI=1S/C23H32N6O2S/c1-4-19(31)9-7-5-6-8-10-21-24-13-18(28-21)11-17-12-22(27-16(3)26-17)29-23-25-14-20(32-23)15(2)30/h12-13,20H,4-11,14H2,1-3H3,(H,24,28)(H,25,26,27,29). The predicted molar refractivity (Wildman–Crippen MR) is 128 cm³/mol. The highest BCUT2D eigenvalue weighted by molar-refractivity contribution is 8.15. The first-order valence-corrected chi connectivity index (χ1v) is 12.2. The first-order valence-electron chi connectivity index (χ1n) is 11.3. The highest BCUT2D eigenvalue weighted by Crippen LogP contribution is 2.23. The van der Waals surface area contributed by atoms with Crippen molar-refractivity contribution in [2.45, 2.75) is 77.4 Å². The zero-order chi connectivity index (χ0) is 22.9. The number of aromatic amines is 1. The molecule has 0 bridgehead atoms. The molecule has 0 spiro atoms. The number of nitrogens with one attached hydrogen (secondary N) is 2. The molecule has 0 aliphatic carbocycles. The summed E-state index contributed by atoms with van der Waals surface area (Å²) in [5, 5.41) is 3.83. The fourth-order valence-electron chi connectivity index (χ4n) is 3.51. The molecule has 3 rings (SSSR count). The van der Waals surface area contributed by atoms with E-state index in [4.69, 9.17) is 0 Å². The van der Waals surface area contributed by atoms with Gasteiger partial charge in [-0.2, -0.15) is 0 Å². The third-order valence-electron chi connectivity index (χ3n) is 5.30. The summed E-state index contributed by atoms with van der Waals surface area (Å²) in [6, 6.07) is 1.91. The molecule has 2 aromatic heterocycles. The molecular formula is C23H32N6O2S. The summed E-state index contributed by atoms with van der Waals surface area (Å²) in [4.78, 5) is 44.2. The van der Waals surface area contributed by atoms with E-state index in [0.717, 1.165) is 54.5 Å². The number of carbonyl (C=O) groups excluding carboxylic acids is 2. The SMILES string of the molecule is CCC(=O)CCCCCCc1ncc(Cc2cc(NC3=NCC(C(C)=O)S3)nc(C)n2)[nH]1. The third kappa shape index (κ3) is 7.55. The van der Waals surface area contributed by atoms with Crippen LogP contribution in [-0.4, -0.2) is 48.5 Å². The zero-order valence-electron chi connectivity index (χ0n) is 19.1. The van der Waals surface area contributed by atoms with Crippen LogP contribution in [0.2, 0.25) is 0 Å². The number of aryl methyl sites for hydroxylation is 2. The number of thioether (sulfide) groups is 1. The largest absolute Gasteiger partial charge is 0.346 e. The van der Waals surface area contributed by atoms with Crippen molar-refractivity contribution in [3.8, 4) is 0 Å². The van der Waals surface area contributed by atoms with Crippen LogP contribution in [0.5, 0.6) is 0 Å². The second kappa shape index (κ2) is 11.9. The van der Waals surface area contributed by atoms with Gasteiger partial charge >= 0.3 is 0 Å². The van der Waals surface area contributed by atoms with Crippen molar-refractivity contribution >= 4 is 34.3 Å². The summed E-state index contributed by atoms with van der Waals surface area (Å²) in [6.07, 6.45) is 9.02. The monoisotopic (exact) mass is 456 g/mol. The Balaban J connectivity index is 1.47. The van der Waals surface area contributed by atoms with Crippen molar-refractivity contribution in [3.05, 3.63) is 35.3 Å². The summed E-state index contributed by atoms with van der Waals surface area (Å²) in [7, 11) is 0. The molecule has 1 unspecified atom stereocenters. The molecule has 9 heteroatoms. The van der Waals surface area contributed by atoms with Crippen LogP contribution < -0.4 is 5.32 Å². The Morgan fingerprint density at radius 2 is 2.03 bits per heavy atom. The molecule has 172 valence electrons. The van der Waals surface area contributed by atoms with Crippen LogP contribution in [0.4, 0.5) is 5.82 Å². The van der Waals surface area contributed by atoms with Crippen molar-refractivity contribution in [3.63, 3.8) is 0 Å². The lowest BCUT2D eigenvalue weighted by Gasteiger charge is -2.08. The Kier molecular flexibility index (Phi) is 8.96. The van der Waals surface area contributed by atoms with Gasteiger partial charge in [0.1, 0.15) is 29.0 Å². The number of amidine groups is 1. The average Bonchev–Trinajstić information content (AvgIpc) is 3.39. The van der Waals surface area contributed by atoms with E-state index in [-0.39, 0.29) is 11.0 Å². The average molecular weight is 457 g/mol. The Labute approximate surface area is 193 Å². The molecule has 2 N–H and O–H groups in total. The van der Waals surface area contributed by atoms with Crippen molar-refractivity contribution in [1.29, 1.82) is 0 Å². The lowest BCUT2D eigenvalue weighted by Crippen LogP contribution is -2.15. The van der Waals surface area contributed by atoms with Gasteiger partial charge in [0.05, 0.1) is 17.5 Å². The van der Waals surface area contributed by atoms with Gasteiger partial charge in [0.2, 0.25) is 0 Å². The topological polar surface area (TPSA) is 113 Å². The van der Waals surface area contributed by atoms with E-state index in [1.165, 1.54) is 11.8 Å². The van der Waals surface area contributed by atoms with Crippen LogP contribution in [0.15, 0.2) is 17.3 Å². The molecule has 0 radical (unpaired) electrons. The van der Waals surface area contributed by atoms with Crippen LogP contribution in [0.3, 0.4) is 0 Å². The third-order valence-corrected chi connectivity index (χ3v) is 6.52. The molecule has 0 saturated carbocycles. The summed E-state index contributed by atoms with van der Waals surface area (Å²) < 4.78 is 0. The van der Waals surface area contributed by atoms with Gasteiger partial charge in [0, 0.05) is 43.6 Å². The van der Waals surface area contributed by atoms with E-state index in [2.05, 4.69) is 30.2 Å². The smallest absolute Gasteiger partial charge is 0.163 e. The lowest BCUT2D eigenvalue weighted by molar-refractivity contribution is -0.119. The molecular weight excluding hydrogens is 424 g/mol. The van der Waals surface area contributed by atoms with E-state index in [0.29, 0.717) is 43.2 Å². The predicted octanol–water partition coefficient (Wildman–Crippen LogP) is 4.04. The molecule has 32 heavy (non-hydrogen) atoms. The molecule has 0 amide bonds. The van der Waals surface area contributed by atoms with Gasteiger partial charge in [-0.1, -0.05) is 31.5 Å². The molecule has 8 nitrogen and oxygen atoms in total. The number of H-pyrrole nitrogens is 1. The number of Topliss-reactive ketones (excluding diaryl/α,β-unsaturated/α-hetero) is 2. The number of rotatable bonds is 12. The minimum atomic E-state index is -0.109. The van der Waals surface area contributed by atoms with Gasteiger partial charge in [0.15, 0.2) is 5.17 Å².